The summed E-state index contributed by atoms with van der Waals surface area (Å²) < 4.78 is 4.86. The highest BCUT2D eigenvalue weighted by atomic mass is 16.5. The van der Waals surface area contributed by atoms with Gasteiger partial charge < -0.3 is 10.1 Å². The van der Waals surface area contributed by atoms with Crippen molar-refractivity contribution in [2.24, 2.45) is 11.3 Å². The van der Waals surface area contributed by atoms with Gasteiger partial charge in [-0.05, 0) is 19.1 Å². The van der Waals surface area contributed by atoms with Crippen LogP contribution in [0, 0.1) is 11.3 Å². The Labute approximate surface area is 124 Å². The Morgan fingerprint density at radius 1 is 1.14 bits per heavy atom. The van der Waals surface area contributed by atoms with Crippen molar-refractivity contribution < 1.29 is 19.1 Å². The number of anilines is 1. The normalized spacial score (nSPS) is 12.4. The van der Waals surface area contributed by atoms with Crippen molar-refractivity contribution in [2.75, 3.05) is 11.9 Å². The molecule has 0 aliphatic heterocycles. The topological polar surface area (TPSA) is 72.5 Å². The standard InChI is InChI=1S/C16H21NO4/c1-5-21-15(20)12(13(18)16(2,3)4)14(19)17-11-9-7-6-8-10-11/h6-10,12H,5H2,1-4H3,(H,17,19). The lowest BCUT2D eigenvalue weighted by Crippen LogP contribution is -2.42. The van der Waals surface area contributed by atoms with Crippen molar-refractivity contribution >= 4 is 23.3 Å². The number of esters is 1. The zero-order valence-corrected chi connectivity index (χ0v) is 12.8. The first-order valence-corrected chi connectivity index (χ1v) is 6.84. The number of carbonyl (C=O) groups is 3. The summed E-state index contributed by atoms with van der Waals surface area (Å²) in [5.74, 6) is -3.40. The highest BCUT2D eigenvalue weighted by molar-refractivity contribution is 6.21. The number of hydrogen-bond donors (Lipinski definition) is 1. The maximum atomic E-state index is 12.4. The van der Waals surface area contributed by atoms with E-state index in [4.69, 9.17) is 4.74 Å². The van der Waals surface area contributed by atoms with E-state index >= 15 is 0 Å². The predicted octanol–water partition coefficient (Wildman–Crippen LogP) is 2.42. The number of hydrogen-bond acceptors (Lipinski definition) is 4. The molecule has 1 aromatic carbocycles. The van der Waals surface area contributed by atoms with Crippen LogP contribution in [0.15, 0.2) is 30.3 Å². The fourth-order valence-corrected chi connectivity index (χ4v) is 1.73. The molecule has 1 aromatic rings. The molecular weight excluding hydrogens is 270 g/mol. The van der Waals surface area contributed by atoms with Gasteiger partial charge in [0.2, 0.25) is 5.91 Å². The van der Waals surface area contributed by atoms with Gasteiger partial charge in [0, 0.05) is 11.1 Å². The van der Waals surface area contributed by atoms with Gasteiger partial charge in [-0.1, -0.05) is 39.0 Å². The molecule has 0 aromatic heterocycles. The lowest BCUT2D eigenvalue weighted by atomic mass is 9.82. The number of benzene rings is 1. The molecule has 0 fully saturated rings. The molecule has 5 nitrogen and oxygen atoms in total. The monoisotopic (exact) mass is 291 g/mol. The van der Waals surface area contributed by atoms with E-state index in [-0.39, 0.29) is 6.61 Å². The summed E-state index contributed by atoms with van der Waals surface area (Å²) in [6.45, 7) is 6.74. The number of para-hydroxylation sites is 1. The number of Topliss-reactive ketones (excluding diaryl/α,β-unsaturated/α-hetero) is 1. The number of rotatable bonds is 5. The Balaban J connectivity index is 2.98. The van der Waals surface area contributed by atoms with Crippen LogP contribution in [0.2, 0.25) is 0 Å². The summed E-state index contributed by atoms with van der Waals surface area (Å²) in [7, 11) is 0. The van der Waals surface area contributed by atoms with Gasteiger partial charge in [-0.3, -0.25) is 14.4 Å². The zero-order valence-electron chi connectivity index (χ0n) is 12.8. The van der Waals surface area contributed by atoms with Gasteiger partial charge in [0.05, 0.1) is 6.61 Å². The summed E-state index contributed by atoms with van der Waals surface area (Å²) in [4.78, 5) is 36.6. The number of carbonyl (C=O) groups excluding carboxylic acids is 3. The summed E-state index contributed by atoms with van der Waals surface area (Å²) in [5, 5.41) is 2.57. The van der Waals surface area contributed by atoms with Gasteiger partial charge in [0.15, 0.2) is 11.7 Å². The van der Waals surface area contributed by atoms with E-state index in [0.29, 0.717) is 5.69 Å². The van der Waals surface area contributed by atoms with Crippen molar-refractivity contribution in [3.63, 3.8) is 0 Å². The van der Waals surface area contributed by atoms with Gasteiger partial charge in [0.1, 0.15) is 0 Å². The van der Waals surface area contributed by atoms with Crippen molar-refractivity contribution in [2.45, 2.75) is 27.7 Å². The molecule has 0 radical (unpaired) electrons. The quantitative estimate of drug-likeness (QED) is 0.668. The Kier molecular flexibility index (Phi) is 5.64. The fraction of sp³-hybridized carbons (Fsp3) is 0.438. The first kappa shape index (κ1) is 16.9. The Morgan fingerprint density at radius 3 is 2.19 bits per heavy atom. The maximum Gasteiger partial charge on any atom is 0.326 e. The molecule has 1 amide bonds. The van der Waals surface area contributed by atoms with Crippen LogP contribution >= 0.6 is 0 Å². The van der Waals surface area contributed by atoms with Crippen LogP contribution in [0.25, 0.3) is 0 Å². The number of ether oxygens (including phenoxy) is 1. The Hall–Kier alpha value is -2.17. The first-order chi connectivity index (χ1) is 9.77. The van der Waals surface area contributed by atoms with Crippen molar-refractivity contribution in [1.82, 2.24) is 0 Å². The Bertz CT molecular complexity index is 517. The molecule has 0 bridgehead atoms. The fourth-order valence-electron chi connectivity index (χ4n) is 1.73. The highest BCUT2D eigenvalue weighted by Gasteiger charge is 2.41. The van der Waals surface area contributed by atoms with Crippen LogP contribution in [0.3, 0.4) is 0 Å². The Morgan fingerprint density at radius 2 is 1.71 bits per heavy atom. The molecule has 0 saturated heterocycles. The lowest BCUT2D eigenvalue weighted by Gasteiger charge is -2.22. The molecule has 0 saturated carbocycles. The van der Waals surface area contributed by atoms with Crippen LogP contribution < -0.4 is 5.32 Å². The minimum Gasteiger partial charge on any atom is -0.465 e. The summed E-state index contributed by atoms with van der Waals surface area (Å²) in [5.41, 5.74) is -0.288. The molecule has 0 spiro atoms. The highest BCUT2D eigenvalue weighted by Crippen LogP contribution is 2.22. The molecule has 0 aliphatic rings. The van der Waals surface area contributed by atoms with E-state index < -0.39 is 29.0 Å². The van der Waals surface area contributed by atoms with E-state index in [1.54, 1.807) is 58.0 Å². The minimum atomic E-state index is -1.45. The van der Waals surface area contributed by atoms with Crippen LogP contribution in [-0.2, 0) is 19.1 Å². The van der Waals surface area contributed by atoms with Crippen LogP contribution in [-0.4, -0.2) is 24.3 Å². The van der Waals surface area contributed by atoms with E-state index in [1.807, 2.05) is 0 Å². The molecule has 114 valence electrons. The molecule has 21 heavy (non-hydrogen) atoms. The lowest BCUT2D eigenvalue weighted by molar-refractivity contribution is -0.156. The average Bonchev–Trinajstić information content (AvgIpc) is 2.39. The molecular formula is C16H21NO4. The van der Waals surface area contributed by atoms with Gasteiger partial charge in [-0.15, -0.1) is 0 Å². The van der Waals surface area contributed by atoms with Crippen molar-refractivity contribution in [3.05, 3.63) is 30.3 Å². The summed E-state index contributed by atoms with van der Waals surface area (Å²) in [6.07, 6.45) is 0. The van der Waals surface area contributed by atoms with E-state index in [0.717, 1.165) is 0 Å². The zero-order chi connectivity index (χ0) is 16.0. The second-order valence-electron chi connectivity index (χ2n) is 5.65. The summed E-state index contributed by atoms with van der Waals surface area (Å²) in [6, 6.07) is 8.67. The SMILES string of the molecule is CCOC(=O)C(C(=O)Nc1ccccc1)C(=O)C(C)(C)C. The van der Waals surface area contributed by atoms with Crippen molar-refractivity contribution in [1.29, 1.82) is 0 Å². The third kappa shape index (κ3) is 4.70. The third-order valence-electron chi connectivity index (χ3n) is 2.83. The number of ketones is 1. The largest absolute Gasteiger partial charge is 0.465 e. The molecule has 1 rings (SSSR count). The van der Waals surface area contributed by atoms with Crippen LogP contribution in [0.1, 0.15) is 27.7 Å². The third-order valence-corrected chi connectivity index (χ3v) is 2.83. The van der Waals surface area contributed by atoms with E-state index in [1.165, 1.54) is 0 Å². The smallest absolute Gasteiger partial charge is 0.326 e. The number of nitrogens with one attached hydrogen (secondary N) is 1. The minimum absolute atomic E-state index is 0.116. The second kappa shape index (κ2) is 7.02. The average molecular weight is 291 g/mol. The molecule has 5 heteroatoms. The molecule has 1 N–H and O–H groups in total. The van der Waals surface area contributed by atoms with Gasteiger partial charge >= 0.3 is 5.97 Å². The maximum absolute atomic E-state index is 12.4. The van der Waals surface area contributed by atoms with Crippen LogP contribution in [0.5, 0.6) is 0 Å². The van der Waals surface area contributed by atoms with Gasteiger partial charge in [-0.2, -0.15) is 0 Å². The number of amides is 1. The first-order valence-electron chi connectivity index (χ1n) is 6.84. The molecule has 0 aliphatic carbocycles. The van der Waals surface area contributed by atoms with Gasteiger partial charge in [-0.25, -0.2) is 0 Å². The van der Waals surface area contributed by atoms with Crippen LogP contribution in [0.4, 0.5) is 5.69 Å². The van der Waals surface area contributed by atoms with Crippen molar-refractivity contribution in [3.8, 4) is 0 Å². The molecule has 0 heterocycles. The van der Waals surface area contributed by atoms with E-state index in [2.05, 4.69) is 5.32 Å². The van der Waals surface area contributed by atoms with E-state index in [9.17, 15) is 14.4 Å². The van der Waals surface area contributed by atoms with Gasteiger partial charge in [0.25, 0.3) is 0 Å². The predicted molar refractivity (Wildman–Crippen MR) is 79.7 cm³/mol. The summed E-state index contributed by atoms with van der Waals surface area (Å²) >= 11 is 0. The molecule has 1 atom stereocenters. The second-order valence-corrected chi connectivity index (χ2v) is 5.65. The molecule has 1 unspecified atom stereocenters.